The first-order valence-electron chi connectivity index (χ1n) is 2.50. The smallest absolute Gasteiger partial charge is 0.0824 e. The van der Waals surface area contributed by atoms with E-state index in [0.29, 0.717) is 10.3 Å². The molecule has 0 saturated heterocycles. The molecule has 10 heavy (non-hydrogen) atoms. The lowest BCUT2D eigenvalue weighted by atomic mass is 10.3. The van der Waals surface area contributed by atoms with E-state index in [4.69, 9.17) is 17.0 Å². The van der Waals surface area contributed by atoms with Gasteiger partial charge in [0.25, 0.3) is 0 Å². The third-order valence-electron chi connectivity index (χ3n) is 0.969. The lowest BCUT2D eigenvalue weighted by Gasteiger charge is -2.03. The normalized spacial score (nSPS) is 8.20. The maximum atomic E-state index is 8.62. The molecule has 0 atom stereocenters. The molecule has 0 amide bonds. The second-order valence-electron chi connectivity index (χ2n) is 1.60. The van der Waals surface area contributed by atoms with E-state index >= 15 is 0 Å². The predicted octanol–water partition coefficient (Wildman–Crippen LogP) is 2.46. The molecule has 1 N–H and O–H groups in total. The minimum Gasteiger partial charge on any atom is -0.273 e. The quantitative estimate of drug-likeness (QED) is 0.530. The minimum absolute atomic E-state index is 0. The second kappa shape index (κ2) is 4.39. The van der Waals surface area contributed by atoms with Crippen molar-refractivity contribution < 1.29 is 5.21 Å². The molecule has 0 aliphatic heterocycles. The Morgan fingerprint density at radius 1 is 1.20 bits per heavy atom. The van der Waals surface area contributed by atoms with Crippen molar-refractivity contribution in [2.75, 3.05) is 4.58 Å². The van der Waals surface area contributed by atoms with Crippen LogP contribution >= 0.6 is 24.2 Å². The topological polar surface area (TPSA) is 23.5 Å². The van der Waals surface area contributed by atoms with Crippen molar-refractivity contribution in [3.05, 3.63) is 30.3 Å². The van der Waals surface area contributed by atoms with Crippen molar-refractivity contribution in [3.63, 3.8) is 0 Å². The third kappa shape index (κ3) is 2.43. The molecule has 1 rings (SSSR count). The Balaban J connectivity index is 0.000000810. The van der Waals surface area contributed by atoms with Gasteiger partial charge in [0, 0.05) is 11.8 Å². The molecule has 4 heteroatoms. The summed E-state index contributed by atoms with van der Waals surface area (Å²) in [6.07, 6.45) is 0. The summed E-state index contributed by atoms with van der Waals surface area (Å²) in [6.45, 7) is 0. The van der Waals surface area contributed by atoms with Gasteiger partial charge >= 0.3 is 0 Å². The van der Waals surface area contributed by atoms with Crippen LogP contribution in [0.3, 0.4) is 0 Å². The molecular formula is C6H7Cl2NO. The Hall–Kier alpha value is -0.440. The van der Waals surface area contributed by atoms with Crippen LogP contribution in [0, 0.1) is 0 Å². The van der Waals surface area contributed by atoms with Crippen LogP contribution in [-0.4, -0.2) is 5.21 Å². The lowest BCUT2D eigenvalue weighted by molar-refractivity contribution is 0.326. The zero-order valence-electron chi connectivity index (χ0n) is 5.07. The monoisotopic (exact) mass is 179 g/mol. The Bertz CT molecular complexity index is 178. The lowest BCUT2D eigenvalue weighted by Crippen LogP contribution is -2.00. The van der Waals surface area contributed by atoms with Crippen molar-refractivity contribution in [1.29, 1.82) is 0 Å². The van der Waals surface area contributed by atoms with E-state index in [1.54, 1.807) is 24.3 Å². The first kappa shape index (κ1) is 9.56. The largest absolute Gasteiger partial charge is 0.273 e. The molecule has 1 aromatic carbocycles. The molecule has 0 aliphatic rings. The summed E-state index contributed by atoms with van der Waals surface area (Å²) in [5, 5.41) is 8.62. The van der Waals surface area contributed by atoms with Gasteiger partial charge in [0.1, 0.15) is 0 Å². The Kier molecular flexibility index (Phi) is 4.19. The SMILES string of the molecule is Cl.ON(Cl)c1ccccc1. The number of rotatable bonds is 1. The van der Waals surface area contributed by atoms with Gasteiger partial charge in [0.05, 0.1) is 5.69 Å². The maximum absolute atomic E-state index is 8.62. The van der Waals surface area contributed by atoms with Gasteiger partial charge in [-0.25, -0.2) is 0 Å². The highest BCUT2D eigenvalue weighted by molar-refractivity contribution is 6.23. The molecule has 0 saturated carbocycles. The summed E-state index contributed by atoms with van der Waals surface area (Å²) >= 11 is 5.19. The van der Waals surface area contributed by atoms with Gasteiger partial charge in [-0.05, 0) is 12.1 Å². The maximum Gasteiger partial charge on any atom is 0.0824 e. The molecule has 0 fully saturated rings. The average Bonchev–Trinajstić information content (AvgIpc) is 1.90. The van der Waals surface area contributed by atoms with Gasteiger partial charge in [-0.15, -0.1) is 12.4 Å². The van der Waals surface area contributed by atoms with Gasteiger partial charge in [0.2, 0.25) is 0 Å². The van der Waals surface area contributed by atoms with Crippen LogP contribution in [0.25, 0.3) is 0 Å². The van der Waals surface area contributed by atoms with Crippen LogP contribution in [-0.2, 0) is 0 Å². The highest BCUT2D eigenvalue weighted by atomic mass is 35.5. The zero-order valence-corrected chi connectivity index (χ0v) is 6.64. The molecule has 0 radical (unpaired) electrons. The molecule has 2 nitrogen and oxygen atoms in total. The Labute approximate surface area is 70.5 Å². The second-order valence-corrected chi connectivity index (χ2v) is 1.92. The number of hydrogen-bond acceptors (Lipinski definition) is 2. The highest BCUT2D eigenvalue weighted by Crippen LogP contribution is 2.11. The van der Waals surface area contributed by atoms with Crippen LogP contribution in [0.2, 0.25) is 0 Å². The van der Waals surface area contributed by atoms with Crippen molar-refractivity contribution in [1.82, 2.24) is 0 Å². The molecule has 0 unspecified atom stereocenters. The van der Waals surface area contributed by atoms with E-state index in [0.717, 1.165) is 0 Å². The molecular weight excluding hydrogens is 173 g/mol. The molecule has 0 aliphatic carbocycles. The Morgan fingerprint density at radius 2 is 1.70 bits per heavy atom. The number of halogens is 2. The number of nitrogens with zero attached hydrogens (tertiary/aromatic N) is 1. The predicted molar refractivity (Wildman–Crippen MR) is 43.8 cm³/mol. The first-order valence-corrected chi connectivity index (χ1v) is 2.84. The van der Waals surface area contributed by atoms with E-state index in [1.807, 2.05) is 6.07 Å². The number of hydrogen-bond donors (Lipinski definition) is 1. The number of anilines is 1. The summed E-state index contributed by atoms with van der Waals surface area (Å²) in [5.74, 6) is 0. The van der Waals surface area contributed by atoms with Gasteiger partial charge in [-0.1, -0.05) is 18.2 Å². The highest BCUT2D eigenvalue weighted by Gasteiger charge is 1.92. The van der Waals surface area contributed by atoms with Crippen LogP contribution in [0.15, 0.2) is 30.3 Å². The van der Waals surface area contributed by atoms with Crippen LogP contribution < -0.4 is 4.58 Å². The van der Waals surface area contributed by atoms with Gasteiger partial charge in [-0.2, -0.15) is 4.58 Å². The number of para-hydroxylation sites is 1. The van der Waals surface area contributed by atoms with Gasteiger partial charge in [0.15, 0.2) is 0 Å². The van der Waals surface area contributed by atoms with Crippen LogP contribution in [0.5, 0.6) is 0 Å². The van der Waals surface area contributed by atoms with E-state index in [2.05, 4.69) is 0 Å². The molecule has 0 aromatic heterocycles. The first-order chi connectivity index (χ1) is 4.30. The van der Waals surface area contributed by atoms with Crippen molar-refractivity contribution in [2.45, 2.75) is 0 Å². The fourth-order valence-electron chi connectivity index (χ4n) is 0.551. The Morgan fingerprint density at radius 3 is 2.00 bits per heavy atom. The van der Waals surface area contributed by atoms with Crippen molar-refractivity contribution >= 4 is 29.9 Å². The average molecular weight is 180 g/mol. The van der Waals surface area contributed by atoms with E-state index in [1.165, 1.54) is 0 Å². The summed E-state index contributed by atoms with van der Waals surface area (Å²) in [6, 6.07) is 8.84. The zero-order chi connectivity index (χ0) is 6.69. The van der Waals surface area contributed by atoms with Gasteiger partial charge < -0.3 is 0 Å². The van der Waals surface area contributed by atoms with Crippen LogP contribution in [0.4, 0.5) is 5.69 Å². The van der Waals surface area contributed by atoms with Gasteiger partial charge in [-0.3, -0.25) is 5.21 Å². The molecule has 1 aromatic rings. The fraction of sp³-hybridized carbons (Fsp3) is 0. The summed E-state index contributed by atoms with van der Waals surface area (Å²) in [7, 11) is 0. The summed E-state index contributed by atoms with van der Waals surface area (Å²) in [4.78, 5) is 0. The molecule has 56 valence electrons. The number of benzene rings is 1. The summed E-state index contributed by atoms with van der Waals surface area (Å²) < 4.78 is 0.556. The van der Waals surface area contributed by atoms with E-state index in [9.17, 15) is 0 Å². The van der Waals surface area contributed by atoms with Crippen LogP contribution in [0.1, 0.15) is 0 Å². The fourth-order valence-corrected chi connectivity index (χ4v) is 0.664. The molecule has 0 spiro atoms. The third-order valence-corrected chi connectivity index (χ3v) is 1.16. The van der Waals surface area contributed by atoms with E-state index in [-0.39, 0.29) is 12.4 Å². The van der Waals surface area contributed by atoms with E-state index < -0.39 is 0 Å². The molecule has 0 bridgehead atoms. The summed E-state index contributed by atoms with van der Waals surface area (Å²) in [5.41, 5.74) is 0.569. The van der Waals surface area contributed by atoms with Crippen molar-refractivity contribution in [2.24, 2.45) is 0 Å². The standard InChI is InChI=1S/C6H6ClNO.ClH/c7-8(9)6-4-2-1-3-5-6;/h1-5,9H;1H. The molecule has 0 heterocycles. The minimum atomic E-state index is 0. The van der Waals surface area contributed by atoms with Crippen molar-refractivity contribution in [3.8, 4) is 0 Å².